The summed E-state index contributed by atoms with van der Waals surface area (Å²) in [5.74, 6) is -3.60. The van der Waals surface area contributed by atoms with Crippen LogP contribution < -0.4 is 0 Å². The fourth-order valence-corrected chi connectivity index (χ4v) is 11.9. The smallest absolute Gasteiger partial charge is 0.331 e. The molecular formula is C66H106O22. The molecule has 88 heavy (non-hydrogen) atoms. The van der Waals surface area contributed by atoms with Gasteiger partial charge in [-0.1, -0.05) is 167 Å². The first-order valence-electron chi connectivity index (χ1n) is 33.2. The summed E-state index contributed by atoms with van der Waals surface area (Å²) >= 11 is 0. The molecule has 22 atom stereocenters. The zero-order chi connectivity index (χ0) is 63.7. The number of hydrogen-bond donors (Lipinski definition) is 6. The molecule has 22 heteroatoms. The Morgan fingerprint density at radius 3 is 1.78 bits per heavy atom. The molecule has 0 bridgehead atoms. The van der Waals surface area contributed by atoms with E-state index in [2.05, 4.69) is 13.8 Å². The van der Waals surface area contributed by atoms with E-state index in [9.17, 15) is 49.8 Å². The summed E-state index contributed by atoms with van der Waals surface area (Å²) in [6.45, 7) is 11.6. The molecular weight excluding hydrogens is 1140 g/mol. The lowest BCUT2D eigenvalue weighted by Crippen LogP contribution is -2.67. The molecule has 0 spiro atoms. The zero-order valence-corrected chi connectivity index (χ0v) is 53.1. The highest BCUT2D eigenvalue weighted by atomic mass is 16.8. The van der Waals surface area contributed by atoms with Crippen LogP contribution in [0.4, 0.5) is 0 Å². The number of esters is 4. The predicted octanol–water partition coefficient (Wildman–Crippen LogP) is 7.72. The minimum Gasteiger partial charge on any atom is -0.457 e. The second kappa shape index (κ2) is 38.3. The van der Waals surface area contributed by atoms with Crippen LogP contribution in [-0.4, -0.2) is 190 Å². The minimum atomic E-state index is -1.81. The van der Waals surface area contributed by atoms with E-state index in [-0.39, 0.29) is 18.9 Å². The van der Waals surface area contributed by atoms with Crippen molar-refractivity contribution in [1.82, 2.24) is 0 Å². The van der Waals surface area contributed by atoms with Crippen LogP contribution in [0.25, 0.3) is 6.08 Å². The number of ether oxygens (including phenoxy) is 12. The Morgan fingerprint density at radius 1 is 0.580 bits per heavy atom. The highest BCUT2D eigenvalue weighted by molar-refractivity contribution is 5.87. The Kier molecular flexibility index (Phi) is 31.9. The lowest BCUT2D eigenvalue weighted by atomic mass is 9.95. The molecule has 5 saturated heterocycles. The van der Waals surface area contributed by atoms with Crippen molar-refractivity contribution < 1.29 is 107 Å². The Morgan fingerprint density at radius 2 is 1.14 bits per heavy atom. The molecule has 1 aromatic carbocycles. The topological polar surface area (TPSA) is 300 Å². The molecule has 0 aromatic heterocycles. The summed E-state index contributed by atoms with van der Waals surface area (Å²) < 4.78 is 75.0. The Labute approximate surface area is 520 Å². The largest absolute Gasteiger partial charge is 0.457 e. The van der Waals surface area contributed by atoms with Gasteiger partial charge in [0.15, 0.2) is 49.6 Å². The van der Waals surface area contributed by atoms with Gasteiger partial charge in [0, 0.05) is 18.9 Å². The maximum atomic E-state index is 13.8. The number of unbranched alkanes of at least 4 members (excludes halogenated alkanes) is 10. The number of benzene rings is 1. The van der Waals surface area contributed by atoms with Gasteiger partial charge in [-0.3, -0.25) is 14.4 Å². The lowest BCUT2D eigenvalue weighted by Gasteiger charge is -2.50. The molecule has 0 aliphatic carbocycles. The summed E-state index contributed by atoms with van der Waals surface area (Å²) in [7, 11) is 0. The fraction of sp³-hybridized carbons (Fsp3) is 0.818. The molecule has 5 heterocycles. The first-order chi connectivity index (χ1) is 42.4. The highest BCUT2D eigenvalue weighted by Gasteiger charge is 2.57. The average Bonchev–Trinajstić information content (AvgIpc) is 3.05. The van der Waals surface area contributed by atoms with E-state index in [0.29, 0.717) is 37.7 Å². The van der Waals surface area contributed by atoms with Crippen LogP contribution in [0, 0.1) is 5.92 Å². The van der Waals surface area contributed by atoms with Crippen molar-refractivity contribution in [3.05, 3.63) is 42.0 Å². The molecule has 502 valence electrons. The normalized spacial score (nSPS) is 36.0. The molecule has 22 nitrogen and oxygen atoms in total. The lowest BCUT2D eigenvalue weighted by molar-refractivity contribution is -0.389. The summed E-state index contributed by atoms with van der Waals surface area (Å²) in [5, 5.41) is 70.1. The van der Waals surface area contributed by atoms with E-state index >= 15 is 0 Å². The third-order valence-electron chi connectivity index (χ3n) is 17.6. The van der Waals surface area contributed by atoms with Crippen LogP contribution in [0.15, 0.2) is 36.4 Å². The van der Waals surface area contributed by atoms with Crippen LogP contribution in [0.2, 0.25) is 0 Å². The Balaban J connectivity index is 1.24. The summed E-state index contributed by atoms with van der Waals surface area (Å²) in [6.07, 6.45) is -8.18. The van der Waals surface area contributed by atoms with Crippen molar-refractivity contribution in [3.8, 4) is 0 Å². The van der Waals surface area contributed by atoms with Gasteiger partial charge in [-0.05, 0) is 64.5 Å². The van der Waals surface area contributed by atoms with E-state index in [0.717, 1.165) is 89.5 Å². The van der Waals surface area contributed by atoms with Gasteiger partial charge < -0.3 is 87.5 Å². The quantitative estimate of drug-likeness (QED) is 0.0224. The molecule has 0 radical (unpaired) electrons. The molecule has 0 amide bonds. The fourth-order valence-electron chi connectivity index (χ4n) is 11.9. The number of fused-ring (bicyclic) bond motifs is 2. The number of aliphatic hydroxyl groups excluding tert-OH is 6. The van der Waals surface area contributed by atoms with E-state index in [1.54, 1.807) is 45.0 Å². The number of rotatable bonds is 26. The second-order valence-corrected chi connectivity index (χ2v) is 24.7. The van der Waals surface area contributed by atoms with Crippen molar-refractivity contribution in [3.63, 3.8) is 0 Å². The monoisotopic (exact) mass is 1250 g/mol. The highest BCUT2D eigenvalue weighted by Crippen LogP contribution is 2.38. The van der Waals surface area contributed by atoms with Crippen LogP contribution in [0.5, 0.6) is 0 Å². The predicted molar refractivity (Wildman–Crippen MR) is 320 cm³/mol. The molecule has 5 aliphatic rings. The van der Waals surface area contributed by atoms with Gasteiger partial charge in [0.05, 0.1) is 36.9 Å². The molecule has 5 fully saturated rings. The van der Waals surface area contributed by atoms with E-state index < -0.39 is 159 Å². The summed E-state index contributed by atoms with van der Waals surface area (Å²) in [5.41, 5.74) is 0.682. The van der Waals surface area contributed by atoms with Gasteiger partial charge in [-0.25, -0.2) is 4.79 Å². The van der Waals surface area contributed by atoms with E-state index in [4.69, 9.17) is 56.8 Å². The standard InChI is InChI=1S/C66H106O22/c1-8-11-13-14-15-16-19-22-29-35-47(68)82-55-41(5)77-63(59(52(55)73)84-49(70)38-37-44-31-26-24-27-32-44)86-57-43(7)79-65(61(54(57)75)85-62(76)40(4)10-3)87-56-42(6)78-64-60(53(56)74)83-48(69)36-30-23-20-17-18-21-28-34-45(33-25-12-9-2)80-66-58(88-64)51(72)50(71)46(39-67)81-66/h24,26-27,31-32,37-38,40-43,45-46,50-61,63-67,71-75H,8-23,25,28-30,33-36,39H2,1-7H3/b38-37+/t40?,41-,42-,43-,45?,46+,50+,51-,52+,53+,54+,55-,56-,57-,58+,59+,60+,61+,63-,64-,65-,66+/m0/s1. The number of carbonyl (C=O) groups excluding carboxylic acids is 4. The molecule has 5 aliphatic heterocycles. The number of carbonyl (C=O) groups is 4. The first-order valence-corrected chi connectivity index (χ1v) is 33.2. The van der Waals surface area contributed by atoms with Gasteiger partial charge in [-0.2, -0.15) is 0 Å². The van der Waals surface area contributed by atoms with Crippen LogP contribution in [0.1, 0.15) is 208 Å². The molecule has 6 N–H and O–H groups in total. The van der Waals surface area contributed by atoms with Crippen molar-refractivity contribution >= 4 is 30.0 Å². The molecule has 2 unspecified atom stereocenters. The van der Waals surface area contributed by atoms with Crippen molar-refractivity contribution in [2.75, 3.05) is 6.61 Å². The average molecular weight is 1250 g/mol. The Hall–Kier alpha value is -3.72. The van der Waals surface area contributed by atoms with Crippen molar-refractivity contribution in [2.24, 2.45) is 5.92 Å². The van der Waals surface area contributed by atoms with Crippen molar-refractivity contribution in [1.29, 1.82) is 0 Å². The maximum absolute atomic E-state index is 13.8. The Bertz CT molecular complexity index is 2200. The molecule has 6 rings (SSSR count). The second-order valence-electron chi connectivity index (χ2n) is 24.7. The third-order valence-corrected chi connectivity index (χ3v) is 17.6. The van der Waals surface area contributed by atoms with Gasteiger partial charge in [0.2, 0.25) is 0 Å². The number of aliphatic hydroxyl groups is 6. The summed E-state index contributed by atoms with van der Waals surface area (Å²) in [4.78, 5) is 54.5. The van der Waals surface area contributed by atoms with Crippen molar-refractivity contribution in [2.45, 2.75) is 331 Å². The first kappa shape index (κ1) is 73.3. The minimum absolute atomic E-state index is 0.0190. The number of hydrogen-bond acceptors (Lipinski definition) is 22. The summed E-state index contributed by atoms with van der Waals surface area (Å²) in [6, 6.07) is 8.95. The van der Waals surface area contributed by atoms with Crippen LogP contribution in [-0.2, 0) is 76.0 Å². The van der Waals surface area contributed by atoms with Gasteiger partial charge in [0.25, 0.3) is 0 Å². The van der Waals surface area contributed by atoms with Crippen LogP contribution in [0.3, 0.4) is 0 Å². The SMILES string of the molecule is CCCCCCCCCCCC(=O)O[C@@H]1[C@@H](O)[C@@H](OC(=O)/C=C/c2ccccc2)[C@H](O[C@@H]2[C@@H](O)[C@@H](OC(=O)C(C)CC)[C@H](O[C@@H]3[C@@H](O)[C@H]4OC(=O)CCCCCCCCCC(CCCCC)O[C@@H]5O[C@H](CO)[C@@H](O)[C@H](O)[C@H]5O[C@@H]4O[C@H]3C)O[C@H]2C)O[C@H]1C. The van der Waals surface area contributed by atoms with Gasteiger partial charge in [-0.15, -0.1) is 0 Å². The molecule has 0 saturated carbocycles. The van der Waals surface area contributed by atoms with E-state index in [1.165, 1.54) is 45.6 Å². The van der Waals surface area contributed by atoms with E-state index in [1.807, 2.05) is 6.07 Å². The van der Waals surface area contributed by atoms with Crippen LogP contribution >= 0.6 is 0 Å². The van der Waals surface area contributed by atoms with Gasteiger partial charge in [0.1, 0.15) is 54.9 Å². The molecule has 1 aromatic rings. The van der Waals surface area contributed by atoms with Gasteiger partial charge >= 0.3 is 23.9 Å². The third kappa shape index (κ3) is 22.0. The maximum Gasteiger partial charge on any atom is 0.331 e. The zero-order valence-electron chi connectivity index (χ0n) is 53.1.